The summed E-state index contributed by atoms with van der Waals surface area (Å²) < 4.78 is 31.5. The van der Waals surface area contributed by atoms with Gasteiger partial charge in [0.1, 0.15) is 0 Å². The van der Waals surface area contributed by atoms with E-state index in [2.05, 4.69) is 43.1 Å². The number of aromatic nitrogens is 4. The van der Waals surface area contributed by atoms with Crippen LogP contribution in [0.1, 0.15) is 31.2 Å². The van der Waals surface area contributed by atoms with E-state index in [1.54, 1.807) is 11.9 Å². The Labute approximate surface area is 180 Å². The summed E-state index contributed by atoms with van der Waals surface area (Å²) in [6, 6.07) is 2.20. The van der Waals surface area contributed by atoms with Gasteiger partial charge in [-0.2, -0.15) is 0 Å². The zero-order chi connectivity index (χ0) is 20.5. The molecule has 30 heavy (non-hydrogen) atoms. The molecule has 11 heteroatoms. The summed E-state index contributed by atoms with van der Waals surface area (Å²) in [5.74, 6) is 0.552. The predicted molar refractivity (Wildman–Crippen MR) is 113 cm³/mol. The Morgan fingerprint density at radius 2 is 2.07 bits per heavy atom. The molecule has 2 N–H and O–H groups in total. The van der Waals surface area contributed by atoms with Crippen molar-refractivity contribution in [3.8, 4) is 10.8 Å². The second kappa shape index (κ2) is 6.59. The number of imidazole rings is 1. The largest absolute Gasteiger partial charge is 0.368 e. The van der Waals surface area contributed by atoms with Crippen LogP contribution in [0.15, 0.2) is 23.4 Å². The van der Waals surface area contributed by atoms with E-state index in [4.69, 9.17) is 0 Å². The van der Waals surface area contributed by atoms with Crippen LogP contribution in [-0.4, -0.2) is 51.3 Å². The van der Waals surface area contributed by atoms with Gasteiger partial charge in [-0.05, 0) is 37.8 Å². The number of halogens is 2. The summed E-state index contributed by atoms with van der Waals surface area (Å²) in [7, 11) is 0. The Kier molecular flexibility index (Phi) is 4.15. The highest BCUT2D eigenvalue weighted by atomic mass is 32.2. The molecule has 3 fully saturated rings. The van der Waals surface area contributed by atoms with Crippen molar-refractivity contribution < 1.29 is 8.78 Å². The van der Waals surface area contributed by atoms with Gasteiger partial charge in [0.05, 0.1) is 17.4 Å². The number of alkyl halides is 2. The standard InChI is InChI=1S/C19H21F2N7S2/c1-18(2-3-18)26-30-11-4-12(27-9-19(10-27)7-22-8-19)13-5-23-15(28(13)6-11)17-25-24-16(29-17)14(20)21/h4-6,14,22,26H,2-3,7-10H2,1H3. The van der Waals surface area contributed by atoms with Crippen LogP contribution in [0.2, 0.25) is 0 Å². The van der Waals surface area contributed by atoms with Crippen LogP contribution in [0.4, 0.5) is 14.5 Å². The molecule has 0 aromatic carbocycles. The van der Waals surface area contributed by atoms with Crippen molar-refractivity contribution in [3.63, 3.8) is 0 Å². The minimum Gasteiger partial charge on any atom is -0.368 e. The SMILES string of the molecule is CC1(NSc2cc(N3CC4(CNC4)C3)c3cnc(-c4nnc(C(F)F)s4)n3c2)CC1. The zero-order valence-electron chi connectivity index (χ0n) is 16.4. The summed E-state index contributed by atoms with van der Waals surface area (Å²) >= 11 is 2.51. The first-order chi connectivity index (χ1) is 14.4. The number of hydrogen-bond acceptors (Lipinski definition) is 8. The molecule has 1 saturated carbocycles. The summed E-state index contributed by atoms with van der Waals surface area (Å²) in [5, 5.41) is 11.1. The average molecular weight is 450 g/mol. The monoisotopic (exact) mass is 449 g/mol. The van der Waals surface area contributed by atoms with Gasteiger partial charge in [-0.25, -0.2) is 13.8 Å². The van der Waals surface area contributed by atoms with E-state index < -0.39 is 6.43 Å². The lowest BCUT2D eigenvalue weighted by Crippen LogP contribution is -2.71. The summed E-state index contributed by atoms with van der Waals surface area (Å²) in [6.45, 7) is 6.39. The quantitative estimate of drug-likeness (QED) is 0.559. The number of nitrogens with zero attached hydrogens (tertiary/aromatic N) is 5. The lowest BCUT2D eigenvalue weighted by Gasteiger charge is -2.57. The van der Waals surface area contributed by atoms with Crippen LogP contribution in [0.25, 0.3) is 16.3 Å². The Morgan fingerprint density at radius 1 is 1.27 bits per heavy atom. The minimum atomic E-state index is -2.62. The molecule has 1 spiro atoms. The third-order valence-corrected chi connectivity index (χ3v) is 8.20. The Balaban J connectivity index is 1.39. The average Bonchev–Trinajstić information content (AvgIpc) is 3.06. The Hall–Kier alpha value is -1.82. The zero-order valence-corrected chi connectivity index (χ0v) is 18.0. The third kappa shape index (κ3) is 3.10. The van der Waals surface area contributed by atoms with E-state index >= 15 is 0 Å². The van der Waals surface area contributed by atoms with Gasteiger partial charge in [0.15, 0.2) is 15.8 Å². The minimum absolute atomic E-state index is 0.196. The van der Waals surface area contributed by atoms with Gasteiger partial charge in [-0.1, -0.05) is 11.3 Å². The number of hydrogen-bond donors (Lipinski definition) is 2. The molecule has 1 aliphatic carbocycles. The Morgan fingerprint density at radius 3 is 2.70 bits per heavy atom. The molecular weight excluding hydrogens is 428 g/mol. The summed E-state index contributed by atoms with van der Waals surface area (Å²) in [5.41, 5.74) is 2.68. The molecule has 3 aliphatic rings. The molecule has 0 amide bonds. The second-order valence-electron chi connectivity index (χ2n) is 8.87. The Bertz CT molecular complexity index is 1110. The molecule has 7 nitrogen and oxygen atoms in total. The molecule has 2 saturated heterocycles. The van der Waals surface area contributed by atoms with E-state index in [-0.39, 0.29) is 10.5 Å². The lowest BCUT2D eigenvalue weighted by atomic mass is 9.74. The van der Waals surface area contributed by atoms with Crippen molar-refractivity contribution >= 4 is 34.5 Å². The number of fused-ring (bicyclic) bond motifs is 1. The lowest BCUT2D eigenvalue weighted by molar-refractivity contribution is 0.121. The van der Waals surface area contributed by atoms with Crippen molar-refractivity contribution in [2.24, 2.45) is 5.41 Å². The number of anilines is 1. The molecular formula is C19H21F2N7S2. The first-order valence-corrected chi connectivity index (χ1v) is 11.6. The number of pyridine rings is 1. The first kappa shape index (κ1) is 18.9. The molecule has 0 radical (unpaired) electrons. The van der Waals surface area contributed by atoms with Gasteiger partial charge in [0.2, 0.25) is 0 Å². The van der Waals surface area contributed by atoms with Crippen molar-refractivity contribution in [3.05, 3.63) is 23.5 Å². The molecule has 6 rings (SSSR count). The van der Waals surface area contributed by atoms with Crippen LogP contribution < -0.4 is 14.9 Å². The molecule has 3 aromatic heterocycles. The fraction of sp³-hybridized carbons (Fsp3) is 0.526. The molecule has 0 bridgehead atoms. The highest BCUT2D eigenvalue weighted by molar-refractivity contribution is 7.97. The highest BCUT2D eigenvalue weighted by Gasteiger charge is 2.48. The van der Waals surface area contributed by atoms with Crippen LogP contribution in [0.5, 0.6) is 0 Å². The van der Waals surface area contributed by atoms with Crippen LogP contribution in [-0.2, 0) is 0 Å². The molecule has 0 unspecified atom stereocenters. The number of rotatable bonds is 6. The third-order valence-electron chi connectivity index (χ3n) is 6.22. The fourth-order valence-corrected chi connectivity index (χ4v) is 5.63. The molecule has 5 heterocycles. The van der Waals surface area contributed by atoms with E-state index in [0.29, 0.717) is 16.2 Å². The van der Waals surface area contributed by atoms with Gasteiger partial charge in [-0.3, -0.25) is 9.12 Å². The molecule has 0 atom stereocenters. The van der Waals surface area contributed by atoms with Gasteiger partial charge >= 0.3 is 0 Å². The maximum Gasteiger partial charge on any atom is 0.291 e. The maximum absolute atomic E-state index is 13.0. The molecule has 2 aliphatic heterocycles. The van der Waals surface area contributed by atoms with E-state index in [1.807, 2.05) is 16.8 Å². The van der Waals surface area contributed by atoms with Crippen LogP contribution in [0.3, 0.4) is 0 Å². The first-order valence-electron chi connectivity index (χ1n) is 9.97. The van der Waals surface area contributed by atoms with E-state index in [1.165, 1.54) is 12.8 Å². The van der Waals surface area contributed by atoms with Crippen molar-refractivity contribution in [2.45, 2.75) is 36.6 Å². The number of nitrogens with one attached hydrogen (secondary N) is 2. The molecule has 158 valence electrons. The topological polar surface area (TPSA) is 70.4 Å². The summed E-state index contributed by atoms with van der Waals surface area (Å²) in [6.07, 6.45) is 3.54. The van der Waals surface area contributed by atoms with Crippen molar-refractivity contribution in [1.82, 2.24) is 29.6 Å². The molecule has 3 aromatic rings. The van der Waals surface area contributed by atoms with E-state index in [9.17, 15) is 8.78 Å². The van der Waals surface area contributed by atoms with Crippen LogP contribution in [0, 0.1) is 5.41 Å². The summed E-state index contributed by atoms with van der Waals surface area (Å²) in [4.78, 5) is 7.98. The predicted octanol–water partition coefficient (Wildman–Crippen LogP) is 3.35. The van der Waals surface area contributed by atoms with Gasteiger partial charge in [0.25, 0.3) is 6.43 Å². The maximum atomic E-state index is 13.0. The van der Waals surface area contributed by atoms with Gasteiger partial charge in [-0.15, -0.1) is 10.2 Å². The highest BCUT2D eigenvalue weighted by Crippen LogP contribution is 2.42. The van der Waals surface area contributed by atoms with Crippen molar-refractivity contribution in [2.75, 3.05) is 31.1 Å². The van der Waals surface area contributed by atoms with Gasteiger partial charge < -0.3 is 10.2 Å². The van der Waals surface area contributed by atoms with Crippen molar-refractivity contribution in [1.29, 1.82) is 0 Å². The second-order valence-corrected chi connectivity index (χ2v) is 10.8. The van der Waals surface area contributed by atoms with E-state index in [0.717, 1.165) is 53.6 Å². The smallest absolute Gasteiger partial charge is 0.291 e. The fourth-order valence-electron chi connectivity index (χ4n) is 4.04. The normalized spacial score (nSPS) is 21.3. The van der Waals surface area contributed by atoms with Gasteiger partial charge in [0, 0.05) is 48.2 Å². The van der Waals surface area contributed by atoms with Crippen LogP contribution >= 0.6 is 23.3 Å².